The van der Waals surface area contributed by atoms with Gasteiger partial charge in [0, 0.05) is 44.6 Å². The maximum Gasteiger partial charge on any atom is 0.246 e. The van der Waals surface area contributed by atoms with Gasteiger partial charge in [-0.15, -0.1) is 0 Å². The molecule has 1 aliphatic rings. The molecule has 16 heavy (non-hydrogen) atoms. The van der Waals surface area contributed by atoms with Crippen LogP contribution in [0.1, 0.15) is 5.56 Å². The van der Waals surface area contributed by atoms with Crippen molar-refractivity contribution in [2.75, 3.05) is 26.2 Å². The largest absolute Gasteiger partial charge is 0.337 e. The van der Waals surface area contributed by atoms with Crippen molar-refractivity contribution < 1.29 is 4.79 Å². The van der Waals surface area contributed by atoms with Gasteiger partial charge in [0.2, 0.25) is 5.91 Å². The Kier molecular flexibility index (Phi) is 3.66. The first-order valence-electron chi connectivity index (χ1n) is 5.44. The third kappa shape index (κ3) is 2.90. The quantitative estimate of drug-likeness (QED) is 0.735. The number of nitrogens with zero attached hydrogens (tertiary/aromatic N) is 2. The summed E-state index contributed by atoms with van der Waals surface area (Å²) >= 11 is 0. The highest BCUT2D eigenvalue weighted by molar-refractivity contribution is 5.91. The molecule has 4 heteroatoms. The number of carbonyl (C=O) groups is 1. The van der Waals surface area contributed by atoms with Gasteiger partial charge < -0.3 is 10.2 Å². The highest BCUT2D eigenvalue weighted by Crippen LogP contribution is 2.01. The molecule has 1 N–H and O–H groups in total. The van der Waals surface area contributed by atoms with Crippen molar-refractivity contribution in [2.45, 2.75) is 0 Å². The number of carbonyl (C=O) groups excluding carboxylic acids is 1. The summed E-state index contributed by atoms with van der Waals surface area (Å²) in [6.07, 6.45) is 6.87. The zero-order valence-electron chi connectivity index (χ0n) is 9.10. The van der Waals surface area contributed by atoms with Gasteiger partial charge in [0.15, 0.2) is 0 Å². The van der Waals surface area contributed by atoms with Crippen LogP contribution < -0.4 is 5.32 Å². The topological polar surface area (TPSA) is 45.2 Å². The van der Waals surface area contributed by atoms with Gasteiger partial charge in [-0.2, -0.15) is 0 Å². The number of piperazine rings is 1. The lowest BCUT2D eigenvalue weighted by Gasteiger charge is -2.26. The van der Waals surface area contributed by atoms with Crippen LogP contribution in [-0.2, 0) is 4.79 Å². The Balaban J connectivity index is 1.93. The molecule has 1 saturated heterocycles. The van der Waals surface area contributed by atoms with Crippen LogP contribution in [0.3, 0.4) is 0 Å². The maximum atomic E-state index is 11.8. The molecule has 0 bridgehead atoms. The predicted molar refractivity (Wildman–Crippen MR) is 62.7 cm³/mol. The second kappa shape index (κ2) is 5.42. The molecule has 0 aromatic carbocycles. The molecular weight excluding hydrogens is 202 g/mol. The molecule has 84 valence electrons. The van der Waals surface area contributed by atoms with E-state index in [1.807, 2.05) is 17.0 Å². The summed E-state index contributed by atoms with van der Waals surface area (Å²) in [7, 11) is 0. The molecule has 1 aromatic rings. The van der Waals surface area contributed by atoms with Crippen molar-refractivity contribution in [3.63, 3.8) is 0 Å². The van der Waals surface area contributed by atoms with Crippen molar-refractivity contribution >= 4 is 12.0 Å². The molecule has 2 heterocycles. The summed E-state index contributed by atoms with van der Waals surface area (Å²) in [5, 5.41) is 3.22. The third-order valence-corrected chi connectivity index (χ3v) is 2.53. The Morgan fingerprint density at radius 3 is 2.94 bits per heavy atom. The Morgan fingerprint density at radius 1 is 1.44 bits per heavy atom. The van der Waals surface area contributed by atoms with Crippen molar-refractivity contribution in [3.8, 4) is 0 Å². The molecule has 0 spiro atoms. The van der Waals surface area contributed by atoms with Crippen LogP contribution in [0.5, 0.6) is 0 Å². The van der Waals surface area contributed by atoms with Crippen molar-refractivity contribution in [3.05, 3.63) is 36.2 Å². The van der Waals surface area contributed by atoms with Crippen molar-refractivity contribution in [1.82, 2.24) is 15.2 Å². The van der Waals surface area contributed by atoms with Gasteiger partial charge >= 0.3 is 0 Å². The predicted octanol–water partition coefficient (Wildman–Crippen LogP) is 0.527. The Bertz CT molecular complexity index is 369. The van der Waals surface area contributed by atoms with Crippen LogP contribution in [-0.4, -0.2) is 42.0 Å². The zero-order chi connectivity index (χ0) is 11.2. The highest BCUT2D eigenvalue weighted by atomic mass is 16.2. The summed E-state index contributed by atoms with van der Waals surface area (Å²) in [6, 6.07) is 3.78. The first-order chi connectivity index (χ1) is 7.86. The van der Waals surface area contributed by atoms with E-state index in [0.717, 1.165) is 31.7 Å². The number of pyridine rings is 1. The van der Waals surface area contributed by atoms with Crippen LogP contribution >= 0.6 is 0 Å². The number of rotatable bonds is 2. The van der Waals surface area contributed by atoms with E-state index in [2.05, 4.69) is 10.3 Å². The highest BCUT2D eigenvalue weighted by Gasteiger charge is 2.12. The summed E-state index contributed by atoms with van der Waals surface area (Å²) in [5.41, 5.74) is 0.950. The lowest BCUT2D eigenvalue weighted by Crippen LogP contribution is -2.45. The van der Waals surface area contributed by atoms with Gasteiger partial charge in [-0.05, 0) is 17.7 Å². The van der Waals surface area contributed by atoms with E-state index < -0.39 is 0 Å². The number of aromatic nitrogens is 1. The van der Waals surface area contributed by atoms with E-state index in [4.69, 9.17) is 0 Å². The summed E-state index contributed by atoms with van der Waals surface area (Å²) in [5.74, 6) is 0.0744. The summed E-state index contributed by atoms with van der Waals surface area (Å²) in [4.78, 5) is 17.6. The molecule has 2 rings (SSSR count). The van der Waals surface area contributed by atoms with E-state index >= 15 is 0 Å². The fraction of sp³-hybridized carbons (Fsp3) is 0.333. The molecule has 1 fully saturated rings. The zero-order valence-corrected chi connectivity index (χ0v) is 9.10. The van der Waals surface area contributed by atoms with Gasteiger partial charge in [0.05, 0.1) is 0 Å². The van der Waals surface area contributed by atoms with Crippen LogP contribution in [0, 0.1) is 0 Å². The van der Waals surface area contributed by atoms with Gasteiger partial charge in [-0.25, -0.2) is 0 Å². The van der Waals surface area contributed by atoms with Crippen LogP contribution in [0.4, 0.5) is 0 Å². The van der Waals surface area contributed by atoms with Gasteiger partial charge in [0.25, 0.3) is 0 Å². The molecule has 1 amide bonds. The number of amides is 1. The SMILES string of the molecule is O=C(/C=C/c1cccnc1)N1CCNCC1. The number of hydrogen-bond acceptors (Lipinski definition) is 3. The molecule has 0 radical (unpaired) electrons. The second-order valence-corrected chi connectivity index (χ2v) is 3.69. The summed E-state index contributed by atoms with van der Waals surface area (Å²) in [6.45, 7) is 3.34. The van der Waals surface area contributed by atoms with Gasteiger partial charge in [0.1, 0.15) is 0 Å². The fourth-order valence-corrected chi connectivity index (χ4v) is 1.63. The van der Waals surface area contributed by atoms with Gasteiger partial charge in [-0.1, -0.05) is 6.07 Å². The molecular formula is C12H15N3O. The molecule has 1 aromatic heterocycles. The van der Waals surface area contributed by atoms with Crippen LogP contribution in [0.15, 0.2) is 30.6 Å². The average Bonchev–Trinajstić information content (AvgIpc) is 2.38. The standard InChI is InChI=1S/C12H15N3O/c16-12(15-8-6-13-7-9-15)4-3-11-2-1-5-14-10-11/h1-5,10,13H,6-9H2/b4-3+. The minimum Gasteiger partial charge on any atom is -0.337 e. The maximum absolute atomic E-state index is 11.8. The van der Waals surface area contributed by atoms with E-state index in [0.29, 0.717) is 0 Å². The molecule has 4 nitrogen and oxygen atoms in total. The molecule has 0 aliphatic carbocycles. The first-order valence-corrected chi connectivity index (χ1v) is 5.44. The van der Waals surface area contributed by atoms with Crippen LogP contribution in [0.2, 0.25) is 0 Å². The lowest BCUT2D eigenvalue weighted by atomic mass is 10.2. The normalized spacial score (nSPS) is 16.6. The molecule has 1 aliphatic heterocycles. The van der Waals surface area contributed by atoms with E-state index in [9.17, 15) is 4.79 Å². The third-order valence-electron chi connectivity index (χ3n) is 2.53. The number of hydrogen-bond donors (Lipinski definition) is 1. The minimum absolute atomic E-state index is 0.0744. The Labute approximate surface area is 95.0 Å². The summed E-state index contributed by atoms with van der Waals surface area (Å²) < 4.78 is 0. The first kappa shape index (κ1) is 10.8. The Morgan fingerprint density at radius 2 is 2.25 bits per heavy atom. The second-order valence-electron chi connectivity index (χ2n) is 3.69. The van der Waals surface area contributed by atoms with E-state index in [1.165, 1.54) is 0 Å². The van der Waals surface area contributed by atoms with E-state index in [1.54, 1.807) is 24.5 Å². The van der Waals surface area contributed by atoms with Gasteiger partial charge in [-0.3, -0.25) is 9.78 Å². The molecule has 0 saturated carbocycles. The van der Waals surface area contributed by atoms with E-state index in [-0.39, 0.29) is 5.91 Å². The monoisotopic (exact) mass is 217 g/mol. The average molecular weight is 217 g/mol. The smallest absolute Gasteiger partial charge is 0.246 e. The Hall–Kier alpha value is -1.68. The van der Waals surface area contributed by atoms with Crippen molar-refractivity contribution in [1.29, 1.82) is 0 Å². The molecule has 0 unspecified atom stereocenters. The molecule has 0 atom stereocenters. The van der Waals surface area contributed by atoms with Crippen molar-refractivity contribution in [2.24, 2.45) is 0 Å². The fourth-order valence-electron chi connectivity index (χ4n) is 1.63. The lowest BCUT2D eigenvalue weighted by molar-refractivity contribution is -0.126. The minimum atomic E-state index is 0.0744. The van der Waals surface area contributed by atoms with Crippen LogP contribution in [0.25, 0.3) is 6.08 Å². The number of nitrogens with one attached hydrogen (secondary N) is 1.